The van der Waals surface area contributed by atoms with Crippen LogP contribution in [0, 0.1) is 22.7 Å². The number of nitrogens with one attached hydrogen (secondary N) is 1. The molecule has 4 aliphatic rings. The van der Waals surface area contributed by atoms with E-state index in [4.69, 9.17) is 0 Å². The summed E-state index contributed by atoms with van der Waals surface area (Å²) in [6.07, 6.45) is 9.13. The fourth-order valence-corrected chi connectivity index (χ4v) is 5.61. The molecule has 4 aliphatic carbocycles. The minimum absolute atomic E-state index is 0.660. The second kappa shape index (κ2) is 3.00. The van der Waals surface area contributed by atoms with Gasteiger partial charge in [-0.05, 0) is 75.2 Å². The maximum absolute atomic E-state index is 3.54. The summed E-state index contributed by atoms with van der Waals surface area (Å²) in [7, 11) is 2.14. The minimum atomic E-state index is 0.660. The Balaban J connectivity index is 1.92. The van der Waals surface area contributed by atoms with Crippen molar-refractivity contribution < 1.29 is 0 Å². The van der Waals surface area contributed by atoms with Crippen LogP contribution in [0.1, 0.15) is 52.4 Å². The van der Waals surface area contributed by atoms with Crippen molar-refractivity contribution in [3.8, 4) is 0 Å². The van der Waals surface area contributed by atoms with E-state index in [1.807, 2.05) is 0 Å². The summed E-state index contributed by atoms with van der Waals surface area (Å²) in [6.45, 7) is 4.97. The van der Waals surface area contributed by atoms with Crippen LogP contribution in [0.2, 0.25) is 0 Å². The Kier molecular flexibility index (Phi) is 2.03. The zero-order valence-corrected chi connectivity index (χ0v) is 10.5. The highest BCUT2D eigenvalue weighted by Gasteiger charge is 2.57. The van der Waals surface area contributed by atoms with Crippen molar-refractivity contribution in [2.45, 2.75) is 58.4 Å². The van der Waals surface area contributed by atoms with E-state index >= 15 is 0 Å². The summed E-state index contributed by atoms with van der Waals surface area (Å²) in [6, 6.07) is 0.725. The fraction of sp³-hybridized carbons (Fsp3) is 1.00. The van der Waals surface area contributed by atoms with Gasteiger partial charge < -0.3 is 5.32 Å². The largest absolute Gasteiger partial charge is 0.317 e. The molecule has 1 heteroatoms. The first-order valence-electron chi connectivity index (χ1n) is 6.73. The van der Waals surface area contributed by atoms with E-state index in [9.17, 15) is 0 Å². The molecule has 0 saturated heterocycles. The molecule has 4 rings (SSSR count). The number of hydrogen-bond acceptors (Lipinski definition) is 1. The Hall–Kier alpha value is -0.0400. The van der Waals surface area contributed by atoms with E-state index in [1.54, 1.807) is 6.42 Å². The van der Waals surface area contributed by atoms with Gasteiger partial charge in [-0.2, -0.15) is 0 Å². The van der Waals surface area contributed by atoms with Gasteiger partial charge in [0.1, 0.15) is 0 Å². The molecule has 0 aromatic heterocycles. The van der Waals surface area contributed by atoms with Gasteiger partial charge in [0.15, 0.2) is 0 Å². The van der Waals surface area contributed by atoms with Crippen LogP contribution >= 0.6 is 0 Å². The summed E-state index contributed by atoms with van der Waals surface area (Å²) in [5.74, 6) is 2.12. The zero-order valence-electron chi connectivity index (χ0n) is 10.5. The van der Waals surface area contributed by atoms with Crippen molar-refractivity contribution in [1.82, 2.24) is 5.32 Å². The van der Waals surface area contributed by atoms with Gasteiger partial charge in [-0.25, -0.2) is 0 Å². The van der Waals surface area contributed by atoms with Crippen LogP contribution in [0.15, 0.2) is 0 Å². The third-order valence-electron chi connectivity index (χ3n) is 5.75. The summed E-state index contributed by atoms with van der Waals surface area (Å²) < 4.78 is 0. The number of rotatable bonds is 2. The van der Waals surface area contributed by atoms with Crippen LogP contribution < -0.4 is 5.32 Å². The lowest BCUT2D eigenvalue weighted by Gasteiger charge is -2.63. The quantitative estimate of drug-likeness (QED) is 0.733. The van der Waals surface area contributed by atoms with E-state index in [0.29, 0.717) is 10.8 Å². The fourth-order valence-electron chi connectivity index (χ4n) is 5.61. The van der Waals surface area contributed by atoms with E-state index in [1.165, 1.54) is 32.1 Å². The van der Waals surface area contributed by atoms with Gasteiger partial charge in [0.05, 0.1) is 0 Å². The second-order valence-corrected chi connectivity index (χ2v) is 7.14. The van der Waals surface area contributed by atoms with Crippen molar-refractivity contribution in [2.75, 3.05) is 7.05 Å². The molecule has 1 nitrogen and oxygen atoms in total. The van der Waals surface area contributed by atoms with Gasteiger partial charge in [-0.3, -0.25) is 0 Å². The molecule has 0 amide bonds. The average Bonchev–Trinajstić information content (AvgIpc) is 2.12. The van der Waals surface area contributed by atoms with Gasteiger partial charge >= 0.3 is 0 Å². The van der Waals surface area contributed by atoms with E-state index < -0.39 is 0 Å². The topological polar surface area (TPSA) is 12.0 Å². The Morgan fingerprint density at radius 1 is 1.13 bits per heavy atom. The molecule has 4 fully saturated rings. The van der Waals surface area contributed by atoms with Crippen LogP contribution in [0.4, 0.5) is 0 Å². The molecule has 3 atom stereocenters. The summed E-state index contributed by atoms with van der Waals surface area (Å²) >= 11 is 0. The summed E-state index contributed by atoms with van der Waals surface area (Å²) in [5, 5.41) is 3.54. The smallest absolute Gasteiger partial charge is 0.00925 e. The highest BCUT2D eigenvalue weighted by Crippen LogP contribution is 2.65. The monoisotopic (exact) mass is 207 g/mol. The molecule has 1 N–H and O–H groups in total. The first kappa shape index (κ1) is 10.1. The predicted octanol–water partition coefficient (Wildman–Crippen LogP) is 3.20. The lowest BCUT2D eigenvalue weighted by molar-refractivity contribution is -0.114. The molecule has 0 spiro atoms. The molecule has 0 radical (unpaired) electrons. The molecular weight excluding hydrogens is 182 g/mol. The molecule has 86 valence electrons. The van der Waals surface area contributed by atoms with Crippen molar-refractivity contribution in [3.05, 3.63) is 0 Å². The molecule has 0 aromatic carbocycles. The number of hydrogen-bond donors (Lipinski definition) is 1. The van der Waals surface area contributed by atoms with Gasteiger partial charge in [0.2, 0.25) is 0 Å². The SMILES string of the molecule is CNC(C)C12CC3CC(CC(C)(C3)C1)C2. The maximum Gasteiger partial charge on any atom is 0.00925 e. The lowest BCUT2D eigenvalue weighted by atomic mass is 9.43. The molecular formula is C14H25N. The Morgan fingerprint density at radius 3 is 2.20 bits per heavy atom. The van der Waals surface area contributed by atoms with E-state index in [0.717, 1.165) is 17.9 Å². The van der Waals surface area contributed by atoms with Gasteiger partial charge in [0, 0.05) is 6.04 Å². The van der Waals surface area contributed by atoms with Crippen molar-refractivity contribution in [1.29, 1.82) is 0 Å². The lowest BCUT2D eigenvalue weighted by Crippen LogP contribution is -2.57. The van der Waals surface area contributed by atoms with Crippen molar-refractivity contribution in [3.63, 3.8) is 0 Å². The average molecular weight is 207 g/mol. The highest BCUT2D eigenvalue weighted by atomic mass is 14.9. The minimum Gasteiger partial charge on any atom is -0.317 e. The highest BCUT2D eigenvalue weighted by molar-refractivity contribution is 5.08. The summed E-state index contributed by atoms with van der Waals surface area (Å²) in [5.41, 5.74) is 1.36. The van der Waals surface area contributed by atoms with E-state index in [-0.39, 0.29) is 0 Å². The van der Waals surface area contributed by atoms with Gasteiger partial charge in [-0.1, -0.05) is 6.92 Å². The molecule has 15 heavy (non-hydrogen) atoms. The second-order valence-electron chi connectivity index (χ2n) is 7.14. The van der Waals surface area contributed by atoms with Gasteiger partial charge in [0.25, 0.3) is 0 Å². The van der Waals surface area contributed by atoms with Crippen LogP contribution in [0.3, 0.4) is 0 Å². The van der Waals surface area contributed by atoms with Crippen LogP contribution in [0.25, 0.3) is 0 Å². The first-order chi connectivity index (χ1) is 7.05. The van der Waals surface area contributed by atoms with Crippen LogP contribution in [-0.2, 0) is 0 Å². The summed E-state index contributed by atoms with van der Waals surface area (Å²) in [4.78, 5) is 0. The predicted molar refractivity (Wildman–Crippen MR) is 63.7 cm³/mol. The van der Waals surface area contributed by atoms with Crippen LogP contribution in [-0.4, -0.2) is 13.1 Å². The van der Waals surface area contributed by atoms with Crippen LogP contribution in [0.5, 0.6) is 0 Å². The van der Waals surface area contributed by atoms with Crippen molar-refractivity contribution in [2.24, 2.45) is 22.7 Å². The molecule has 3 unspecified atom stereocenters. The normalized spacial score (nSPS) is 54.6. The van der Waals surface area contributed by atoms with Crippen molar-refractivity contribution >= 4 is 0 Å². The molecule has 4 bridgehead atoms. The Bertz CT molecular complexity index is 257. The molecule has 0 aliphatic heterocycles. The molecule has 0 heterocycles. The molecule has 4 saturated carbocycles. The molecule has 0 aromatic rings. The van der Waals surface area contributed by atoms with Gasteiger partial charge in [-0.15, -0.1) is 0 Å². The zero-order chi connectivity index (χ0) is 10.7. The Morgan fingerprint density at radius 2 is 1.73 bits per heavy atom. The third-order valence-corrected chi connectivity index (χ3v) is 5.75. The van der Waals surface area contributed by atoms with E-state index in [2.05, 4.69) is 26.2 Å². The standard InChI is InChI=1S/C14H25N/c1-10(15-3)14-7-11-4-12(8-14)6-13(2,5-11)9-14/h10-12,15H,4-9H2,1-3H3. The Labute approximate surface area is 94.0 Å². The first-order valence-corrected chi connectivity index (χ1v) is 6.73. The third kappa shape index (κ3) is 1.39. The maximum atomic E-state index is 3.54.